The van der Waals surface area contributed by atoms with Crippen LogP contribution in [-0.4, -0.2) is 36.8 Å². The minimum atomic E-state index is -0.349. The first-order chi connectivity index (χ1) is 13.1. The largest absolute Gasteiger partial charge is 0.391 e. The Bertz CT molecular complexity index is 926. The molecule has 0 bridgehead atoms. The van der Waals surface area contributed by atoms with Gasteiger partial charge in [-0.05, 0) is 30.9 Å². The monoisotopic (exact) mass is 386 g/mol. The molecule has 0 amide bonds. The highest BCUT2D eigenvalue weighted by Crippen LogP contribution is 2.47. The Morgan fingerprint density at radius 3 is 2.74 bits per heavy atom. The summed E-state index contributed by atoms with van der Waals surface area (Å²) in [7, 11) is 0. The van der Waals surface area contributed by atoms with E-state index in [1.54, 1.807) is 24.7 Å². The normalized spacial score (nSPS) is 21.7. The zero-order chi connectivity index (χ0) is 18.9. The predicted molar refractivity (Wildman–Crippen MR) is 99.6 cm³/mol. The van der Waals surface area contributed by atoms with E-state index in [9.17, 15) is 4.39 Å². The van der Waals surface area contributed by atoms with Gasteiger partial charge in [-0.15, -0.1) is 21.5 Å². The third kappa shape index (κ3) is 3.52. The Labute approximate surface area is 159 Å². The number of rotatable bonds is 6. The quantitative estimate of drug-likeness (QED) is 0.672. The average molecular weight is 386 g/mol. The van der Waals surface area contributed by atoms with E-state index in [0.29, 0.717) is 34.8 Å². The highest BCUT2D eigenvalue weighted by Gasteiger charge is 2.46. The van der Waals surface area contributed by atoms with Gasteiger partial charge in [0.2, 0.25) is 5.95 Å². The molecule has 0 saturated heterocycles. The van der Waals surface area contributed by atoms with E-state index in [2.05, 4.69) is 37.4 Å². The minimum absolute atomic E-state index is 0.0528. The van der Waals surface area contributed by atoms with Crippen LogP contribution in [0.4, 0.5) is 10.3 Å². The van der Waals surface area contributed by atoms with Crippen LogP contribution in [0, 0.1) is 11.7 Å². The second-order valence-corrected chi connectivity index (χ2v) is 8.05. The van der Waals surface area contributed by atoms with Gasteiger partial charge < -0.3 is 10.4 Å². The Morgan fingerprint density at radius 2 is 2.11 bits per heavy atom. The summed E-state index contributed by atoms with van der Waals surface area (Å²) >= 11 is 1.35. The van der Waals surface area contributed by atoms with Gasteiger partial charge in [0.25, 0.3) is 0 Å². The van der Waals surface area contributed by atoms with Crippen molar-refractivity contribution in [1.82, 2.24) is 25.1 Å². The van der Waals surface area contributed by atoms with Crippen LogP contribution in [0.3, 0.4) is 0 Å². The molecule has 3 aromatic heterocycles. The van der Waals surface area contributed by atoms with Crippen molar-refractivity contribution in [2.45, 2.75) is 31.8 Å². The van der Waals surface area contributed by atoms with Gasteiger partial charge in [0, 0.05) is 24.4 Å². The van der Waals surface area contributed by atoms with Crippen molar-refractivity contribution in [3.8, 4) is 10.7 Å². The minimum Gasteiger partial charge on any atom is -0.391 e. The van der Waals surface area contributed by atoms with E-state index >= 15 is 0 Å². The maximum atomic E-state index is 14.3. The van der Waals surface area contributed by atoms with Gasteiger partial charge in [0.05, 0.1) is 23.4 Å². The Morgan fingerprint density at radius 1 is 1.26 bits per heavy atom. The molecule has 0 spiro atoms. The van der Waals surface area contributed by atoms with Crippen molar-refractivity contribution in [1.29, 1.82) is 0 Å². The fourth-order valence-corrected chi connectivity index (χ4v) is 4.39. The third-order valence-corrected chi connectivity index (χ3v) is 5.82. The lowest BCUT2D eigenvalue weighted by atomic mass is 9.60. The molecular weight excluding hydrogens is 367 g/mol. The van der Waals surface area contributed by atoms with Crippen LogP contribution in [0.25, 0.3) is 10.7 Å². The van der Waals surface area contributed by atoms with E-state index < -0.39 is 0 Å². The standard InChI is InChI=1S/C18H19FN6OS/c1-11-5-18(6-11,15-13(19)3-2-4-20-15)10-23-17-22-8-14(24-25-17)16-21-7-12(9-26)27-16/h2-4,7-8,11,26H,5-6,9-10H2,1H3,(H,22,23,25). The number of nitrogens with one attached hydrogen (secondary N) is 1. The van der Waals surface area contributed by atoms with Crippen molar-refractivity contribution >= 4 is 17.3 Å². The lowest BCUT2D eigenvalue weighted by Crippen LogP contribution is -2.47. The Hall–Kier alpha value is -2.52. The van der Waals surface area contributed by atoms with Crippen molar-refractivity contribution in [2.24, 2.45) is 5.92 Å². The first-order valence-electron chi connectivity index (χ1n) is 8.70. The Kier molecular flexibility index (Phi) is 4.79. The molecule has 1 saturated carbocycles. The highest BCUT2D eigenvalue weighted by molar-refractivity contribution is 7.14. The molecule has 0 atom stereocenters. The van der Waals surface area contributed by atoms with Crippen LogP contribution in [0.15, 0.2) is 30.7 Å². The molecule has 27 heavy (non-hydrogen) atoms. The first kappa shape index (κ1) is 17.9. The fourth-order valence-electron chi connectivity index (χ4n) is 3.67. The first-order valence-corrected chi connectivity index (χ1v) is 9.52. The summed E-state index contributed by atoms with van der Waals surface area (Å²) in [6.45, 7) is 2.60. The molecule has 1 aliphatic carbocycles. The van der Waals surface area contributed by atoms with E-state index in [1.807, 2.05) is 0 Å². The molecule has 2 N–H and O–H groups in total. The van der Waals surface area contributed by atoms with Gasteiger partial charge in [-0.1, -0.05) is 6.92 Å². The summed E-state index contributed by atoms with van der Waals surface area (Å²) < 4.78 is 14.3. The van der Waals surface area contributed by atoms with Crippen molar-refractivity contribution in [3.05, 3.63) is 47.1 Å². The second-order valence-electron chi connectivity index (χ2n) is 6.94. The topological polar surface area (TPSA) is 96.7 Å². The molecule has 1 fully saturated rings. The highest BCUT2D eigenvalue weighted by atomic mass is 32.1. The number of hydrogen-bond donors (Lipinski definition) is 2. The number of aliphatic hydroxyl groups excluding tert-OH is 1. The molecule has 1 aliphatic rings. The SMILES string of the molecule is CC1CC(CNc2ncc(-c3ncc(CO)s3)nn2)(c2ncccc2F)C1. The fraction of sp³-hybridized carbons (Fsp3) is 0.389. The molecule has 0 unspecified atom stereocenters. The number of aromatic nitrogens is 5. The van der Waals surface area contributed by atoms with Gasteiger partial charge >= 0.3 is 0 Å². The number of nitrogens with zero attached hydrogens (tertiary/aromatic N) is 5. The van der Waals surface area contributed by atoms with Crippen LogP contribution >= 0.6 is 11.3 Å². The molecule has 3 heterocycles. The van der Waals surface area contributed by atoms with E-state index in [-0.39, 0.29) is 17.8 Å². The summed E-state index contributed by atoms with van der Waals surface area (Å²) in [5, 5.41) is 21.2. The number of halogens is 1. The summed E-state index contributed by atoms with van der Waals surface area (Å²) in [5.41, 5.74) is 0.700. The molecule has 0 aliphatic heterocycles. The van der Waals surface area contributed by atoms with Crippen molar-refractivity contribution < 1.29 is 9.50 Å². The van der Waals surface area contributed by atoms with Gasteiger partial charge in [-0.25, -0.2) is 14.4 Å². The number of aliphatic hydroxyl groups is 1. The average Bonchev–Trinajstić information content (AvgIpc) is 3.14. The van der Waals surface area contributed by atoms with Gasteiger partial charge in [0.1, 0.15) is 16.5 Å². The van der Waals surface area contributed by atoms with E-state index in [0.717, 1.165) is 17.7 Å². The Balaban J connectivity index is 1.48. The molecule has 0 radical (unpaired) electrons. The molecule has 9 heteroatoms. The predicted octanol–water partition coefficient (Wildman–Crippen LogP) is 2.80. The number of anilines is 1. The lowest BCUT2D eigenvalue weighted by molar-refractivity contribution is 0.159. The number of thiazole rings is 1. The zero-order valence-corrected chi connectivity index (χ0v) is 15.6. The van der Waals surface area contributed by atoms with Gasteiger partial charge in [-0.2, -0.15) is 0 Å². The molecule has 4 rings (SSSR count). The van der Waals surface area contributed by atoms with Crippen LogP contribution in [0.5, 0.6) is 0 Å². The van der Waals surface area contributed by atoms with Crippen molar-refractivity contribution in [2.75, 3.05) is 11.9 Å². The molecule has 0 aromatic carbocycles. The van der Waals surface area contributed by atoms with E-state index in [4.69, 9.17) is 5.11 Å². The second kappa shape index (κ2) is 7.24. The number of hydrogen-bond acceptors (Lipinski definition) is 8. The summed E-state index contributed by atoms with van der Waals surface area (Å²) in [6.07, 6.45) is 6.55. The van der Waals surface area contributed by atoms with Crippen LogP contribution in [0.2, 0.25) is 0 Å². The summed E-state index contributed by atoms with van der Waals surface area (Å²) in [5.74, 6) is 0.636. The lowest BCUT2D eigenvalue weighted by Gasteiger charge is -2.46. The van der Waals surface area contributed by atoms with Gasteiger partial charge in [-0.3, -0.25) is 4.98 Å². The third-order valence-electron chi connectivity index (χ3n) is 4.81. The molecule has 3 aromatic rings. The maximum Gasteiger partial charge on any atom is 0.242 e. The molecule has 140 valence electrons. The molecular formula is C18H19FN6OS. The van der Waals surface area contributed by atoms with Crippen LogP contribution in [0.1, 0.15) is 30.3 Å². The van der Waals surface area contributed by atoms with Crippen LogP contribution in [-0.2, 0) is 12.0 Å². The van der Waals surface area contributed by atoms with Gasteiger partial charge in [0.15, 0.2) is 0 Å². The summed E-state index contributed by atoms with van der Waals surface area (Å²) in [4.78, 5) is 13.5. The number of pyridine rings is 1. The smallest absolute Gasteiger partial charge is 0.242 e. The zero-order valence-electron chi connectivity index (χ0n) is 14.8. The summed E-state index contributed by atoms with van der Waals surface area (Å²) in [6, 6.07) is 3.06. The molecule has 7 nitrogen and oxygen atoms in total. The maximum absolute atomic E-state index is 14.3. The van der Waals surface area contributed by atoms with Crippen molar-refractivity contribution in [3.63, 3.8) is 0 Å². The van der Waals surface area contributed by atoms with Crippen LogP contribution < -0.4 is 5.32 Å². The van der Waals surface area contributed by atoms with E-state index in [1.165, 1.54) is 17.4 Å².